The molecular formula is C14H18F2N2O2. The summed E-state index contributed by atoms with van der Waals surface area (Å²) in [6, 6.07) is 3.36. The second-order valence-corrected chi connectivity index (χ2v) is 5.02. The molecule has 20 heavy (non-hydrogen) atoms. The van der Waals surface area contributed by atoms with E-state index in [1.165, 1.54) is 6.07 Å². The van der Waals surface area contributed by atoms with Crippen LogP contribution in [0.25, 0.3) is 0 Å². The van der Waals surface area contributed by atoms with Crippen LogP contribution in [0.3, 0.4) is 0 Å². The average molecular weight is 284 g/mol. The molecule has 1 aliphatic heterocycles. The van der Waals surface area contributed by atoms with E-state index in [1.807, 2.05) is 0 Å². The van der Waals surface area contributed by atoms with Crippen LogP contribution in [-0.2, 0) is 4.74 Å². The Morgan fingerprint density at radius 2 is 2.15 bits per heavy atom. The van der Waals surface area contributed by atoms with Crippen LogP contribution in [0.15, 0.2) is 18.2 Å². The molecule has 1 unspecified atom stereocenters. The van der Waals surface area contributed by atoms with Crippen molar-refractivity contribution in [1.82, 2.24) is 10.6 Å². The summed E-state index contributed by atoms with van der Waals surface area (Å²) in [4.78, 5) is 11.9. The SMILES string of the molecule is COCC1(CNC(=O)c2c(F)cccc2F)CCCN1. The third-order valence-corrected chi connectivity index (χ3v) is 3.53. The Labute approximate surface area is 116 Å². The van der Waals surface area contributed by atoms with Crippen LogP contribution in [0.4, 0.5) is 8.78 Å². The molecule has 2 rings (SSSR count). The van der Waals surface area contributed by atoms with E-state index in [0.717, 1.165) is 31.5 Å². The van der Waals surface area contributed by atoms with Gasteiger partial charge in [0, 0.05) is 13.7 Å². The van der Waals surface area contributed by atoms with Gasteiger partial charge < -0.3 is 15.4 Å². The fourth-order valence-corrected chi connectivity index (χ4v) is 2.52. The molecule has 1 aromatic rings. The third kappa shape index (κ3) is 3.13. The molecule has 1 atom stereocenters. The molecule has 2 N–H and O–H groups in total. The Morgan fingerprint density at radius 3 is 2.70 bits per heavy atom. The molecule has 1 fully saturated rings. The van der Waals surface area contributed by atoms with Gasteiger partial charge in [-0.05, 0) is 31.5 Å². The first-order chi connectivity index (χ1) is 9.58. The summed E-state index contributed by atoms with van der Waals surface area (Å²) in [5, 5.41) is 5.87. The zero-order valence-corrected chi connectivity index (χ0v) is 11.3. The van der Waals surface area contributed by atoms with Gasteiger partial charge in [-0.1, -0.05) is 6.07 Å². The summed E-state index contributed by atoms with van der Waals surface area (Å²) in [7, 11) is 1.58. The maximum Gasteiger partial charge on any atom is 0.257 e. The molecule has 110 valence electrons. The lowest BCUT2D eigenvalue weighted by atomic mass is 9.98. The smallest absolute Gasteiger partial charge is 0.257 e. The topological polar surface area (TPSA) is 50.4 Å². The first-order valence-electron chi connectivity index (χ1n) is 6.54. The first-order valence-corrected chi connectivity index (χ1v) is 6.54. The fraction of sp³-hybridized carbons (Fsp3) is 0.500. The number of rotatable bonds is 5. The molecule has 0 radical (unpaired) electrons. The van der Waals surface area contributed by atoms with Crippen LogP contribution in [0.1, 0.15) is 23.2 Å². The van der Waals surface area contributed by atoms with Crippen LogP contribution in [0, 0.1) is 11.6 Å². The Bertz CT molecular complexity index is 468. The predicted molar refractivity (Wildman–Crippen MR) is 70.5 cm³/mol. The van der Waals surface area contributed by atoms with Gasteiger partial charge in [-0.2, -0.15) is 0 Å². The average Bonchev–Trinajstić information content (AvgIpc) is 2.86. The van der Waals surface area contributed by atoms with Crippen molar-refractivity contribution in [3.8, 4) is 0 Å². The largest absolute Gasteiger partial charge is 0.383 e. The second kappa shape index (κ2) is 6.28. The van der Waals surface area contributed by atoms with Crippen molar-refractivity contribution in [3.05, 3.63) is 35.4 Å². The first kappa shape index (κ1) is 14.9. The summed E-state index contributed by atoms with van der Waals surface area (Å²) in [5.74, 6) is -2.46. The van der Waals surface area contributed by atoms with Gasteiger partial charge in [0.05, 0.1) is 12.1 Å². The van der Waals surface area contributed by atoms with Crippen molar-refractivity contribution in [3.63, 3.8) is 0 Å². The number of halogens is 2. The summed E-state index contributed by atoms with van der Waals surface area (Å²) < 4.78 is 32.2. The highest BCUT2D eigenvalue weighted by atomic mass is 19.1. The van der Waals surface area contributed by atoms with E-state index in [-0.39, 0.29) is 12.1 Å². The minimum Gasteiger partial charge on any atom is -0.383 e. The van der Waals surface area contributed by atoms with E-state index < -0.39 is 23.1 Å². The Kier molecular flexibility index (Phi) is 4.67. The van der Waals surface area contributed by atoms with Crippen LogP contribution in [-0.4, -0.2) is 38.3 Å². The number of benzene rings is 1. The molecule has 1 saturated heterocycles. The number of nitrogens with one attached hydrogen (secondary N) is 2. The molecule has 0 aliphatic carbocycles. The lowest BCUT2D eigenvalue weighted by molar-refractivity contribution is 0.0884. The van der Waals surface area contributed by atoms with Crippen molar-refractivity contribution in [2.24, 2.45) is 0 Å². The van der Waals surface area contributed by atoms with Crippen molar-refractivity contribution >= 4 is 5.91 Å². The Balaban J connectivity index is 2.04. The van der Waals surface area contributed by atoms with Crippen LogP contribution >= 0.6 is 0 Å². The van der Waals surface area contributed by atoms with E-state index in [0.29, 0.717) is 6.61 Å². The number of hydrogen-bond donors (Lipinski definition) is 2. The maximum atomic E-state index is 13.5. The van der Waals surface area contributed by atoms with Gasteiger partial charge in [-0.3, -0.25) is 4.79 Å². The van der Waals surface area contributed by atoms with Gasteiger partial charge in [-0.25, -0.2) is 8.78 Å². The quantitative estimate of drug-likeness (QED) is 0.861. The lowest BCUT2D eigenvalue weighted by Gasteiger charge is -2.29. The van der Waals surface area contributed by atoms with Crippen molar-refractivity contribution in [1.29, 1.82) is 0 Å². The van der Waals surface area contributed by atoms with E-state index in [1.54, 1.807) is 7.11 Å². The summed E-state index contributed by atoms with van der Waals surface area (Å²) >= 11 is 0. The molecule has 1 amide bonds. The summed E-state index contributed by atoms with van der Waals surface area (Å²) in [5.41, 5.74) is -0.898. The summed E-state index contributed by atoms with van der Waals surface area (Å²) in [6.45, 7) is 1.55. The van der Waals surface area contributed by atoms with Gasteiger partial charge in [0.25, 0.3) is 5.91 Å². The minimum atomic E-state index is -0.859. The molecule has 0 saturated carbocycles. The zero-order chi connectivity index (χ0) is 14.6. The molecule has 4 nitrogen and oxygen atoms in total. The fourth-order valence-electron chi connectivity index (χ4n) is 2.52. The van der Waals surface area contributed by atoms with Gasteiger partial charge in [0.15, 0.2) is 0 Å². The molecule has 1 aromatic carbocycles. The highest BCUT2D eigenvalue weighted by molar-refractivity contribution is 5.94. The van der Waals surface area contributed by atoms with E-state index in [2.05, 4.69) is 10.6 Å². The van der Waals surface area contributed by atoms with E-state index in [4.69, 9.17) is 4.74 Å². The number of amides is 1. The maximum absolute atomic E-state index is 13.5. The molecular weight excluding hydrogens is 266 g/mol. The van der Waals surface area contributed by atoms with Gasteiger partial charge >= 0.3 is 0 Å². The normalized spacial score (nSPS) is 21.9. The lowest BCUT2D eigenvalue weighted by Crippen LogP contribution is -2.53. The number of methoxy groups -OCH3 is 1. The highest BCUT2D eigenvalue weighted by Crippen LogP contribution is 2.19. The minimum absolute atomic E-state index is 0.271. The van der Waals surface area contributed by atoms with Crippen LogP contribution in [0.5, 0.6) is 0 Å². The zero-order valence-electron chi connectivity index (χ0n) is 11.3. The number of ether oxygens (including phenoxy) is 1. The molecule has 1 heterocycles. The molecule has 6 heteroatoms. The Hall–Kier alpha value is -1.53. The van der Waals surface area contributed by atoms with E-state index >= 15 is 0 Å². The summed E-state index contributed by atoms with van der Waals surface area (Å²) in [6.07, 6.45) is 1.83. The predicted octanol–water partition coefficient (Wildman–Crippen LogP) is 1.46. The number of hydrogen-bond acceptors (Lipinski definition) is 3. The van der Waals surface area contributed by atoms with Crippen molar-refractivity contribution < 1.29 is 18.3 Å². The molecule has 1 aliphatic rings. The molecule has 0 spiro atoms. The van der Waals surface area contributed by atoms with Gasteiger partial charge in [-0.15, -0.1) is 0 Å². The monoisotopic (exact) mass is 284 g/mol. The van der Waals surface area contributed by atoms with Gasteiger partial charge in [0.2, 0.25) is 0 Å². The highest BCUT2D eigenvalue weighted by Gasteiger charge is 2.34. The Morgan fingerprint density at radius 1 is 1.45 bits per heavy atom. The number of carbonyl (C=O) groups is 1. The molecule has 0 aromatic heterocycles. The standard InChI is InChI=1S/C14H18F2N2O2/c1-20-9-14(6-3-7-18-14)8-17-13(19)12-10(15)4-2-5-11(12)16/h2,4-5,18H,3,6-9H2,1H3,(H,17,19). The van der Waals surface area contributed by atoms with Crippen LogP contribution in [0.2, 0.25) is 0 Å². The van der Waals surface area contributed by atoms with E-state index in [9.17, 15) is 13.6 Å². The number of carbonyl (C=O) groups excluding carboxylic acids is 1. The van der Waals surface area contributed by atoms with Gasteiger partial charge in [0.1, 0.15) is 17.2 Å². The second-order valence-electron chi connectivity index (χ2n) is 5.02. The van der Waals surface area contributed by atoms with Crippen molar-refractivity contribution in [2.75, 3.05) is 26.8 Å². The third-order valence-electron chi connectivity index (χ3n) is 3.53. The van der Waals surface area contributed by atoms with Crippen molar-refractivity contribution in [2.45, 2.75) is 18.4 Å². The molecule has 0 bridgehead atoms. The van der Waals surface area contributed by atoms with Crippen LogP contribution < -0.4 is 10.6 Å².